The molecule has 0 bridgehead atoms. The van der Waals surface area contributed by atoms with Crippen molar-refractivity contribution in [3.8, 4) is 5.75 Å². The largest absolute Gasteiger partial charge is 0.484 e. The molecule has 0 amide bonds. The number of para-hydroxylation sites is 1. The fraction of sp³-hybridized carbons (Fsp3) is 0.118. The molecule has 2 aromatic carbocycles. The number of halogens is 1. The van der Waals surface area contributed by atoms with Crippen molar-refractivity contribution in [2.24, 2.45) is 0 Å². The van der Waals surface area contributed by atoms with E-state index in [4.69, 9.17) is 9.15 Å². The molecule has 1 heterocycles. The van der Waals surface area contributed by atoms with Crippen LogP contribution in [0.4, 0.5) is 0 Å². The molecular formula is C17H13BrO3. The van der Waals surface area contributed by atoms with Crippen LogP contribution in [0.3, 0.4) is 0 Å². The first kappa shape index (κ1) is 13.9. The summed E-state index contributed by atoms with van der Waals surface area (Å²) < 4.78 is 11.9. The summed E-state index contributed by atoms with van der Waals surface area (Å²) in [5.41, 5.74) is 1.83. The standard InChI is InChI=1S/C17H13BrO3/c1-11-6-7-16(13(18)8-11)20-10-14(19)17-9-12-4-2-3-5-15(12)21-17/h2-9H,10H2,1H3. The number of hydrogen-bond acceptors (Lipinski definition) is 3. The molecule has 0 fully saturated rings. The lowest BCUT2D eigenvalue weighted by molar-refractivity contribution is 0.0895. The van der Waals surface area contributed by atoms with Crippen LogP contribution in [-0.2, 0) is 0 Å². The zero-order valence-electron chi connectivity index (χ0n) is 11.4. The number of fused-ring (bicyclic) bond motifs is 1. The van der Waals surface area contributed by atoms with Crippen molar-refractivity contribution in [1.29, 1.82) is 0 Å². The second kappa shape index (κ2) is 5.74. The molecule has 1 aromatic heterocycles. The average molecular weight is 345 g/mol. The van der Waals surface area contributed by atoms with Crippen LogP contribution >= 0.6 is 15.9 Å². The molecule has 106 valence electrons. The average Bonchev–Trinajstić information content (AvgIpc) is 2.90. The highest BCUT2D eigenvalue weighted by molar-refractivity contribution is 9.10. The van der Waals surface area contributed by atoms with E-state index in [-0.39, 0.29) is 12.4 Å². The van der Waals surface area contributed by atoms with Crippen LogP contribution in [0.2, 0.25) is 0 Å². The summed E-state index contributed by atoms with van der Waals surface area (Å²) in [6, 6.07) is 15.0. The van der Waals surface area contributed by atoms with Crippen LogP contribution in [0, 0.1) is 6.92 Å². The van der Waals surface area contributed by atoms with Crippen molar-refractivity contribution in [1.82, 2.24) is 0 Å². The zero-order valence-corrected chi connectivity index (χ0v) is 13.0. The Balaban J connectivity index is 1.74. The maximum absolute atomic E-state index is 12.1. The number of carbonyl (C=O) groups is 1. The van der Waals surface area contributed by atoms with Gasteiger partial charge in [0, 0.05) is 5.39 Å². The van der Waals surface area contributed by atoms with E-state index in [0.717, 1.165) is 15.4 Å². The summed E-state index contributed by atoms with van der Waals surface area (Å²) in [5, 5.41) is 0.914. The molecule has 0 N–H and O–H groups in total. The van der Waals surface area contributed by atoms with Gasteiger partial charge in [-0.25, -0.2) is 0 Å². The maximum Gasteiger partial charge on any atom is 0.235 e. The van der Waals surface area contributed by atoms with Gasteiger partial charge in [-0.1, -0.05) is 24.3 Å². The highest BCUT2D eigenvalue weighted by Gasteiger charge is 2.13. The summed E-state index contributed by atoms with van der Waals surface area (Å²) in [6.45, 7) is 1.94. The third kappa shape index (κ3) is 3.00. The summed E-state index contributed by atoms with van der Waals surface area (Å²) in [7, 11) is 0. The van der Waals surface area contributed by atoms with Crippen LogP contribution in [0.25, 0.3) is 11.0 Å². The Morgan fingerprint density at radius 1 is 1.19 bits per heavy atom. The Bertz CT molecular complexity index is 772. The van der Waals surface area contributed by atoms with Gasteiger partial charge in [0.05, 0.1) is 4.47 Å². The van der Waals surface area contributed by atoms with Crippen molar-refractivity contribution >= 4 is 32.7 Å². The molecule has 3 aromatic rings. The highest BCUT2D eigenvalue weighted by Crippen LogP contribution is 2.26. The lowest BCUT2D eigenvalue weighted by Crippen LogP contribution is -2.10. The number of carbonyl (C=O) groups excluding carboxylic acids is 1. The first-order chi connectivity index (χ1) is 10.1. The van der Waals surface area contributed by atoms with Crippen molar-refractivity contribution < 1.29 is 13.9 Å². The summed E-state index contributed by atoms with van der Waals surface area (Å²) >= 11 is 3.42. The molecule has 0 saturated heterocycles. The van der Waals surface area contributed by atoms with Gasteiger partial charge in [0.1, 0.15) is 11.3 Å². The topological polar surface area (TPSA) is 39.4 Å². The van der Waals surface area contributed by atoms with Crippen molar-refractivity contribution in [2.75, 3.05) is 6.61 Å². The first-order valence-corrected chi connectivity index (χ1v) is 7.33. The smallest absolute Gasteiger partial charge is 0.235 e. The minimum atomic E-state index is -0.182. The second-order valence-corrected chi connectivity index (χ2v) is 5.65. The zero-order chi connectivity index (χ0) is 14.8. The number of Topliss-reactive ketones (excluding diaryl/α,β-unsaturated/α-hetero) is 1. The molecule has 0 unspecified atom stereocenters. The fourth-order valence-corrected chi connectivity index (χ4v) is 2.66. The van der Waals surface area contributed by atoms with Gasteiger partial charge in [0.25, 0.3) is 0 Å². The van der Waals surface area contributed by atoms with E-state index in [1.165, 1.54) is 0 Å². The Morgan fingerprint density at radius 2 is 2.00 bits per heavy atom. The molecule has 3 rings (SSSR count). The van der Waals surface area contributed by atoms with Gasteiger partial charge in [-0.15, -0.1) is 0 Å². The monoisotopic (exact) mass is 344 g/mol. The second-order valence-electron chi connectivity index (χ2n) is 4.79. The van der Waals surface area contributed by atoms with E-state index < -0.39 is 0 Å². The number of rotatable bonds is 4. The lowest BCUT2D eigenvalue weighted by atomic mass is 10.2. The normalized spacial score (nSPS) is 10.8. The summed E-state index contributed by atoms with van der Waals surface area (Å²) in [4.78, 5) is 12.1. The van der Waals surface area contributed by atoms with Crippen molar-refractivity contribution in [2.45, 2.75) is 6.92 Å². The van der Waals surface area contributed by atoms with Crippen LogP contribution in [-0.4, -0.2) is 12.4 Å². The van der Waals surface area contributed by atoms with Crippen LogP contribution in [0.1, 0.15) is 16.1 Å². The highest BCUT2D eigenvalue weighted by atomic mass is 79.9. The van der Waals surface area contributed by atoms with Crippen LogP contribution in [0.5, 0.6) is 5.75 Å². The Morgan fingerprint density at radius 3 is 2.76 bits per heavy atom. The van der Waals surface area contributed by atoms with Gasteiger partial charge in [0.15, 0.2) is 12.4 Å². The van der Waals surface area contributed by atoms with Crippen LogP contribution in [0.15, 0.2) is 57.4 Å². The van der Waals surface area contributed by atoms with Gasteiger partial charge in [-0.05, 0) is 52.7 Å². The van der Waals surface area contributed by atoms with E-state index >= 15 is 0 Å². The molecule has 0 aliphatic carbocycles. The lowest BCUT2D eigenvalue weighted by Gasteiger charge is -2.07. The van der Waals surface area contributed by atoms with Gasteiger partial charge in [-0.2, -0.15) is 0 Å². The minimum Gasteiger partial charge on any atom is -0.484 e. The predicted molar refractivity (Wildman–Crippen MR) is 84.9 cm³/mol. The molecule has 0 aliphatic rings. The minimum absolute atomic E-state index is 0.0541. The van der Waals surface area contributed by atoms with Crippen LogP contribution < -0.4 is 4.74 Å². The van der Waals surface area contributed by atoms with E-state index in [1.54, 1.807) is 6.07 Å². The molecule has 4 heteroatoms. The van der Waals surface area contributed by atoms with Crippen molar-refractivity contribution in [3.63, 3.8) is 0 Å². The first-order valence-electron chi connectivity index (χ1n) is 6.54. The van der Waals surface area contributed by atoms with Gasteiger partial charge in [0.2, 0.25) is 5.78 Å². The van der Waals surface area contributed by atoms with E-state index in [0.29, 0.717) is 17.1 Å². The van der Waals surface area contributed by atoms with Gasteiger partial charge < -0.3 is 9.15 Å². The molecule has 0 aliphatic heterocycles. The van der Waals surface area contributed by atoms with Gasteiger partial charge >= 0.3 is 0 Å². The molecule has 21 heavy (non-hydrogen) atoms. The fourth-order valence-electron chi connectivity index (χ4n) is 2.06. The van der Waals surface area contributed by atoms with E-state index in [9.17, 15) is 4.79 Å². The number of furan rings is 1. The number of ether oxygens (including phenoxy) is 1. The molecule has 3 nitrogen and oxygen atoms in total. The quantitative estimate of drug-likeness (QED) is 0.640. The number of ketones is 1. The summed E-state index contributed by atoms with van der Waals surface area (Å²) in [5.74, 6) is 0.781. The van der Waals surface area contributed by atoms with E-state index in [2.05, 4.69) is 15.9 Å². The SMILES string of the molecule is Cc1ccc(OCC(=O)c2cc3ccccc3o2)c(Br)c1. The maximum atomic E-state index is 12.1. The Kier molecular flexibility index (Phi) is 3.80. The molecule has 0 saturated carbocycles. The predicted octanol–water partition coefficient (Wildman–Crippen LogP) is 4.77. The number of aryl methyl sites for hydroxylation is 1. The molecular weight excluding hydrogens is 332 g/mol. The van der Waals surface area contributed by atoms with Gasteiger partial charge in [-0.3, -0.25) is 4.79 Å². The Hall–Kier alpha value is -2.07. The molecule has 0 radical (unpaired) electrons. The van der Waals surface area contributed by atoms with E-state index in [1.807, 2.05) is 49.4 Å². The Labute approximate surface area is 130 Å². The third-order valence-corrected chi connectivity index (χ3v) is 3.77. The van der Waals surface area contributed by atoms with Crippen molar-refractivity contribution in [3.05, 3.63) is 64.3 Å². The summed E-state index contributed by atoms with van der Waals surface area (Å²) in [6.07, 6.45) is 0. The number of benzene rings is 2. The third-order valence-electron chi connectivity index (χ3n) is 3.15. The number of hydrogen-bond donors (Lipinski definition) is 0. The molecule has 0 atom stereocenters. The molecule has 0 spiro atoms.